The van der Waals surface area contributed by atoms with Crippen molar-refractivity contribution < 1.29 is 9.21 Å². The molecule has 1 amide bonds. The number of nitrogens with one attached hydrogen (secondary N) is 1. The molecule has 1 aromatic heterocycles. The van der Waals surface area contributed by atoms with Gasteiger partial charge in [0.25, 0.3) is 5.91 Å². The van der Waals surface area contributed by atoms with Gasteiger partial charge < -0.3 is 10.2 Å². The lowest BCUT2D eigenvalue weighted by Gasteiger charge is -2.05. The lowest BCUT2D eigenvalue weighted by atomic mass is 10.0. The Morgan fingerprint density at radius 3 is 3.00 bits per heavy atom. The summed E-state index contributed by atoms with van der Waals surface area (Å²) < 4.78 is 5.20. The Morgan fingerprint density at radius 1 is 1.56 bits per heavy atom. The zero-order valence-electron chi connectivity index (χ0n) is 9.72. The van der Waals surface area contributed by atoms with Crippen LogP contribution in [0.5, 0.6) is 0 Å². The molecule has 5 nitrogen and oxygen atoms in total. The molecule has 0 saturated carbocycles. The minimum atomic E-state index is -0.976. The van der Waals surface area contributed by atoms with Crippen molar-refractivity contribution in [2.45, 2.75) is 6.17 Å². The second kappa shape index (κ2) is 4.85. The van der Waals surface area contributed by atoms with Crippen molar-refractivity contribution in [3.05, 3.63) is 54.9 Å². The molecule has 0 aromatic carbocycles. The first kappa shape index (κ1) is 12.1. The predicted octanol–water partition coefficient (Wildman–Crippen LogP) is 1.60. The van der Waals surface area contributed by atoms with Crippen LogP contribution in [0.3, 0.4) is 0 Å². The zero-order valence-corrected chi connectivity index (χ0v) is 9.72. The van der Waals surface area contributed by atoms with E-state index in [1.165, 1.54) is 6.26 Å². The van der Waals surface area contributed by atoms with Crippen LogP contribution in [0.4, 0.5) is 5.88 Å². The number of carbonyl (C=O) groups is 1. The van der Waals surface area contributed by atoms with Crippen molar-refractivity contribution in [1.82, 2.24) is 0 Å². The minimum absolute atomic E-state index is 0.337. The highest BCUT2D eigenvalue weighted by Gasteiger charge is 2.25. The van der Waals surface area contributed by atoms with Gasteiger partial charge in [0.1, 0.15) is 0 Å². The van der Waals surface area contributed by atoms with Crippen LogP contribution in [-0.2, 0) is 4.79 Å². The van der Waals surface area contributed by atoms with Crippen molar-refractivity contribution in [2.24, 2.45) is 10.7 Å². The van der Waals surface area contributed by atoms with E-state index in [9.17, 15) is 4.79 Å². The molecule has 0 spiro atoms. The molecular formula is C13H13N3O2. The normalized spacial score (nSPS) is 19.4. The quantitative estimate of drug-likeness (QED) is 0.791. The second-order valence-electron chi connectivity index (χ2n) is 3.64. The first-order valence-corrected chi connectivity index (χ1v) is 5.35. The van der Waals surface area contributed by atoms with Gasteiger partial charge in [-0.25, -0.2) is 0 Å². The highest BCUT2D eigenvalue weighted by Crippen LogP contribution is 2.24. The van der Waals surface area contributed by atoms with Gasteiger partial charge in [-0.15, -0.1) is 0 Å². The van der Waals surface area contributed by atoms with Crippen LogP contribution in [0.25, 0.3) is 0 Å². The molecule has 2 rings (SSSR count). The van der Waals surface area contributed by atoms with E-state index in [4.69, 9.17) is 10.2 Å². The maximum Gasteiger partial charge on any atom is 0.266 e. The first-order valence-electron chi connectivity index (χ1n) is 5.35. The number of hydrogen-bond acceptors (Lipinski definition) is 4. The third-order valence-electron chi connectivity index (χ3n) is 2.48. The van der Waals surface area contributed by atoms with Gasteiger partial charge in [0.2, 0.25) is 5.88 Å². The molecular weight excluding hydrogens is 230 g/mol. The Hall–Kier alpha value is -2.40. The SMILES string of the molecule is C=C/C=C(\C=C)C1=NC(N)C(=O)Nc2occc21. The van der Waals surface area contributed by atoms with E-state index >= 15 is 0 Å². The fraction of sp³-hybridized carbons (Fsp3) is 0.0769. The molecule has 1 aliphatic rings. The predicted molar refractivity (Wildman–Crippen MR) is 70.3 cm³/mol. The highest BCUT2D eigenvalue weighted by molar-refractivity contribution is 6.19. The van der Waals surface area contributed by atoms with E-state index in [2.05, 4.69) is 23.5 Å². The van der Waals surface area contributed by atoms with E-state index < -0.39 is 12.1 Å². The van der Waals surface area contributed by atoms with E-state index in [-0.39, 0.29) is 0 Å². The van der Waals surface area contributed by atoms with Gasteiger partial charge in [-0.1, -0.05) is 31.4 Å². The number of aliphatic imine (C=N–C) groups is 1. The Bertz CT molecular complexity index is 567. The van der Waals surface area contributed by atoms with Crippen molar-refractivity contribution >= 4 is 17.5 Å². The smallest absolute Gasteiger partial charge is 0.266 e. The molecule has 2 heterocycles. The van der Waals surface area contributed by atoms with Crippen molar-refractivity contribution in [2.75, 3.05) is 5.32 Å². The van der Waals surface area contributed by atoms with Gasteiger partial charge in [0.05, 0.1) is 17.5 Å². The molecule has 0 aliphatic carbocycles. The number of anilines is 1. The summed E-state index contributed by atoms with van der Waals surface area (Å²) in [6.07, 6.45) is 5.48. The summed E-state index contributed by atoms with van der Waals surface area (Å²) in [7, 11) is 0. The number of fused-ring (bicyclic) bond motifs is 1. The summed E-state index contributed by atoms with van der Waals surface area (Å²) in [5, 5.41) is 2.57. The van der Waals surface area contributed by atoms with Crippen LogP contribution in [0.15, 0.2) is 58.7 Å². The van der Waals surface area contributed by atoms with Crippen molar-refractivity contribution in [3.8, 4) is 0 Å². The lowest BCUT2D eigenvalue weighted by molar-refractivity contribution is -0.117. The number of rotatable bonds is 3. The van der Waals surface area contributed by atoms with Crippen LogP contribution in [0.2, 0.25) is 0 Å². The molecule has 1 aliphatic heterocycles. The second-order valence-corrected chi connectivity index (χ2v) is 3.64. The first-order chi connectivity index (χ1) is 8.67. The zero-order chi connectivity index (χ0) is 13.1. The summed E-state index contributed by atoms with van der Waals surface area (Å²) in [5.74, 6) is -0.0771. The number of carbonyl (C=O) groups excluding carboxylic acids is 1. The van der Waals surface area contributed by atoms with Crippen LogP contribution in [0.1, 0.15) is 5.56 Å². The fourth-order valence-corrected chi connectivity index (χ4v) is 1.65. The van der Waals surface area contributed by atoms with Crippen LogP contribution >= 0.6 is 0 Å². The Balaban J connectivity index is 2.60. The number of allylic oxidation sites excluding steroid dienone is 4. The number of furan rings is 1. The monoisotopic (exact) mass is 243 g/mol. The van der Waals surface area contributed by atoms with E-state index in [0.29, 0.717) is 17.2 Å². The molecule has 18 heavy (non-hydrogen) atoms. The number of nitrogens with two attached hydrogens (primary N) is 1. The highest BCUT2D eigenvalue weighted by atomic mass is 16.3. The Kier molecular flexibility index (Phi) is 3.25. The van der Waals surface area contributed by atoms with Gasteiger partial charge in [0.15, 0.2) is 6.17 Å². The number of nitrogens with zero attached hydrogens (tertiary/aromatic N) is 1. The minimum Gasteiger partial charge on any atom is -0.448 e. The maximum absolute atomic E-state index is 11.6. The largest absolute Gasteiger partial charge is 0.448 e. The average Bonchev–Trinajstić information content (AvgIpc) is 2.76. The summed E-state index contributed by atoms with van der Waals surface area (Å²) in [6, 6.07) is 1.72. The molecule has 92 valence electrons. The van der Waals surface area contributed by atoms with Gasteiger partial charge >= 0.3 is 0 Å². The summed E-state index contributed by atoms with van der Waals surface area (Å²) >= 11 is 0. The standard InChI is InChI=1S/C13H13N3O2/c1-3-5-8(4-2)10-9-6-7-18-13(9)16-12(17)11(14)15-10/h3-7,11H,1-2,14H2,(H,16,17)/b8-5+. The van der Waals surface area contributed by atoms with E-state index in [0.717, 1.165) is 5.57 Å². The lowest BCUT2D eigenvalue weighted by Crippen LogP contribution is -2.33. The Morgan fingerprint density at radius 2 is 2.33 bits per heavy atom. The third-order valence-corrected chi connectivity index (χ3v) is 2.48. The van der Waals surface area contributed by atoms with Gasteiger partial charge in [-0.05, 0) is 11.6 Å². The number of amides is 1. The topological polar surface area (TPSA) is 80.6 Å². The van der Waals surface area contributed by atoms with Gasteiger partial charge in [-0.3, -0.25) is 15.1 Å². The summed E-state index contributed by atoms with van der Waals surface area (Å²) in [6.45, 7) is 7.34. The molecule has 1 aromatic rings. The number of hydrogen-bond donors (Lipinski definition) is 2. The molecule has 3 N–H and O–H groups in total. The Labute approximate surface area is 104 Å². The third kappa shape index (κ3) is 2.03. The van der Waals surface area contributed by atoms with Crippen molar-refractivity contribution in [3.63, 3.8) is 0 Å². The molecule has 0 radical (unpaired) electrons. The molecule has 5 heteroatoms. The molecule has 0 bridgehead atoms. The van der Waals surface area contributed by atoms with Crippen molar-refractivity contribution in [1.29, 1.82) is 0 Å². The molecule has 1 atom stereocenters. The van der Waals surface area contributed by atoms with E-state index in [1.807, 2.05) is 0 Å². The van der Waals surface area contributed by atoms with Gasteiger partial charge in [0, 0.05) is 0 Å². The van der Waals surface area contributed by atoms with Crippen LogP contribution in [-0.4, -0.2) is 17.8 Å². The molecule has 0 saturated heterocycles. The fourth-order valence-electron chi connectivity index (χ4n) is 1.65. The molecule has 0 fully saturated rings. The summed E-state index contributed by atoms with van der Waals surface area (Å²) in [5.41, 5.74) is 7.61. The van der Waals surface area contributed by atoms with Crippen LogP contribution < -0.4 is 11.1 Å². The van der Waals surface area contributed by atoms with Crippen LogP contribution in [0, 0.1) is 0 Å². The summed E-state index contributed by atoms with van der Waals surface area (Å²) in [4.78, 5) is 15.8. The molecule has 1 unspecified atom stereocenters. The van der Waals surface area contributed by atoms with E-state index in [1.54, 1.807) is 24.3 Å². The van der Waals surface area contributed by atoms with Gasteiger partial charge in [-0.2, -0.15) is 0 Å². The average molecular weight is 243 g/mol. The maximum atomic E-state index is 11.6.